The van der Waals surface area contributed by atoms with Crippen molar-refractivity contribution >= 4 is 5.97 Å². The van der Waals surface area contributed by atoms with Gasteiger partial charge >= 0.3 is 5.97 Å². The summed E-state index contributed by atoms with van der Waals surface area (Å²) < 4.78 is 25.2. The van der Waals surface area contributed by atoms with Gasteiger partial charge in [-0.3, -0.25) is 4.79 Å². The van der Waals surface area contributed by atoms with E-state index in [0.29, 0.717) is 5.69 Å². The zero-order valence-corrected chi connectivity index (χ0v) is 8.83. The lowest BCUT2D eigenvalue weighted by atomic mass is 10.1. The predicted octanol–water partition coefficient (Wildman–Crippen LogP) is 1.43. The number of alkyl halides is 2. The van der Waals surface area contributed by atoms with Gasteiger partial charge in [-0.05, 0) is 25.5 Å². The molecule has 0 unspecified atom stereocenters. The minimum atomic E-state index is -2.69. The molecule has 0 saturated carbocycles. The number of carboxylic acids is 1. The van der Waals surface area contributed by atoms with E-state index < -0.39 is 30.1 Å². The van der Waals surface area contributed by atoms with Gasteiger partial charge in [0.15, 0.2) is 0 Å². The van der Waals surface area contributed by atoms with E-state index in [4.69, 9.17) is 5.11 Å². The van der Waals surface area contributed by atoms with Gasteiger partial charge in [-0.2, -0.15) is 0 Å². The molecule has 4 nitrogen and oxygen atoms in total. The molecule has 0 fully saturated rings. The number of aromatic nitrogens is 1. The number of rotatable bonds is 3. The fourth-order valence-corrected chi connectivity index (χ4v) is 1.55. The van der Waals surface area contributed by atoms with Crippen LogP contribution in [0.4, 0.5) is 8.78 Å². The molecule has 0 aliphatic heterocycles. The standard InChI is InChI=1S/C10H11F2NO3/c1-5-3-6(2)13(4-7(11)12)9(14)8(5)10(15)16/h3,7H,4H2,1-2H3,(H,15,16). The first-order chi connectivity index (χ1) is 7.34. The van der Waals surface area contributed by atoms with Crippen LogP contribution in [0.25, 0.3) is 0 Å². The summed E-state index contributed by atoms with van der Waals surface area (Å²) in [4.78, 5) is 22.4. The molecule has 0 bridgehead atoms. The van der Waals surface area contributed by atoms with Crippen LogP contribution in [0.15, 0.2) is 10.9 Å². The van der Waals surface area contributed by atoms with Gasteiger partial charge in [-0.1, -0.05) is 0 Å². The average molecular weight is 231 g/mol. The molecule has 1 rings (SSSR count). The van der Waals surface area contributed by atoms with Crippen LogP contribution in [0.2, 0.25) is 0 Å². The van der Waals surface area contributed by atoms with Crippen LogP contribution >= 0.6 is 0 Å². The molecule has 1 N–H and O–H groups in total. The van der Waals surface area contributed by atoms with Crippen LogP contribution in [0.1, 0.15) is 21.6 Å². The highest BCUT2D eigenvalue weighted by molar-refractivity contribution is 5.88. The Morgan fingerprint density at radius 2 is 2.06 bits per heavy atom. The molecule has 0 amide bonds. The van der Waals surface area contributed by atoms with E-state index in [2.05, 4.69) is 0 Å². The predicted molar refractivity (Wildman–Crippen MR) is 53.1 cm³/mol. The number of halogens is 2. The lowest BCUT2D eigenvalue weighted by Gasteiger charge is -2.11. The number of hydrogen-bond acceptors (Lipinski definition) is 2. The smallest absolute Gasteiger partial charge is 0.341 e. The van der Waals surface area contributed by atoms with E-state index in [1.54, 1.807) is 0 Å². The summed E-state index contributed by atoms with van der Waals surface area (Å²) in [6.07, 6.45) is -2.69. The number of nitrogens with zero attached hydrogens (tertiary/aromatic N) is 1. The normalized spacial score (nSPS) is 10.8. The maximum absolute atomic E-state index is 12.2. The molecular weight excluding hydrogens is 220 g/mol. The third-order valence-electron chi connectivity index (χ3n) is 2.24. The molecule has 88 valence electrons. The monoisotopic (exact) mass is 231 g/mol. The van der Waals surface area contributed by atoms with E-state index in [-0.39, 0.29) is 5.56 Å². The fourth-order valence-electron chi connectivity index (χ4n) is 1.55. The number of carboxylic acid groups (broad SMARTS) is 1. The number of hydrogen-bond donors (Lipinski definition) is 1. The Morgan fingerprint density at radius 3 is 2.50 bits per heavy atom. The second kappa shape index (κ2) is 4.42. The molecule has 16 heavy (non-hydrogen) atoms. The summed E-state index contributed by atoms with van der Waals surface area (Å²) >= 11 is 0. The van der Waals surface area contributed by atoms with Gasteiger partial charge in [0.25, 0.3) is 12.0 Å². The van der Waals surface area contributed by atoms with Gasteiger partial charge in [0, 0.05) is 5.69 Å². The summed E-state index contributed by atoms with van der Waals surface area (Å²) in [5, 5.41) is 8.80. The van der Waals surface area contributed by atoms with Gasteiger partial charge in [0.2, 0.25) is 0 Å². The zero-order valence-electron chi connectivity index (χ0n) is 8.83. The molecule has 1 aromatic heterocycles. The van der Waals surface area contributed by atoms with E-state index in [0.717, 1.165) is 4.57 Å². The van der Waals surface area contributed by atoms with Crippen molar-refractivity contribution < 1.29 is 18.7 Å². The Morgan fingerprint density at radius 1 is 1.50 bits per heavy atom. The van der Waals surface area contributed by atoms with Gasteiger partial charge in [0.05, 0.1) is 6.54 Å². The van der Waals surface area contributed by atoms with Gasteiger partial charge < -0.3 is 9.67 Å². The maximum atomic E-state index is 12.2. The third-order valence-corrected chi connectivity index (χ3v) is 2.24. The first-order valence-corrected chi connectivity index (χ1v) is 4.57. The Labute approximate surface area is 90.1 Å². The van der Waals surface area contributed by atoms with Crippen LogP contribution in [-0.2, 0) is 6.54 Å². The number of aryl methyl sites for hydroxylation is 2. The first-order valence-electron chi connectivity index (χ1n) is 4.57. The molecule has 0 saturated heterocycles. The Balaban J connectivity index is 3.45. The maximum Gasteiger partial charge on any atom is 0.341 e. The second-order valence-corrected chi connectivity index (χ2v) is 3.46. The Kier molecular flexibility index (Phi) is 3.41. The summed E-state index contributed by atoms with van der Waals surface area (Å²) in [6, 6.07) is 1.41. The van der Waals surface area contributed by atoms with Gasteiger partial charge in [-0.15, -0.1) is 0 Å². The highest BCUT2D eigenvalue weighted by Gasteiger charge is 2.18. The minimum absolute atomic E-state index is 0.278. The van der Waals surface area contributed by atoms with Crippen molar-refractivity contribution in [1.29, 1.82) is 0 Å². The summed E-state index contributed by atoms with van der Waals surface area (Å²) in [5.41, 5.74) is -0.732. The molecule has 0 spiro atoms. The first kappa shape index (κ1) is 12.4. The van der Waals surface area contributed by atoms with E-state index in [9.17, 15) is 18.4 Å². The lowest BCUT2D eigenvalue weighted by molar-refractivity contribution is 0.0691. The fraction of sp³-hybridized carbons (Fsp3) is 0.400. The molecular formula is C10H11F2NO3. The van der Waals surface area contributed by atoms with Crippen molar-refractivity contribution in [2.75, 3.05) is 0 Å². The van der Waals surface area contributed by atoms with E-state index in [1.807, 2.05) is 0 Å². The molecule has 0 aliphatic carbocycles. The number of carbonyl (C=O) groups is 1. The van der Waals surface area contributed by atoms with Crippen LogP contribution < -0.4 is 5.56 Å². The number of aromatic carboxylic acids is 1. The van der Waals surface area contributed by atoms with Gasteiger partial charge in [-0.25, -0.2) is 13.6 Å². The molecule has 1 heterocycles. The topological polar surface area (TPSA) is 59.3 Å². The average Bonchev–Trinajstić information content (AvgIpc) is 2.10. The molecule has 6 heteroatoms. The van der Waals surface area contributed by atoms with Crippen molar-refractivity contribution in [3.05, 3.63) is 33.2 Å². The Bertz CT molecular complexity index is 480. The highest BCUT2D eigenvalue weighted by atomic mass is 19.3. The van der Waals surface area contributed by atoms with Crippen molar-refractivity contribution in [2.24, 2.45) is 0 Å². The van der Waals surface area contributed by atoms with Crippen LogP contribution in [0.5, 0.6) is 0 Å². The molecule has 0 aliphatic rings. The third kappa shape index (κ3) is 2.26. The van der Waals surface area contributed by atoms with Crippen molar-refractivity contribution in [1.82, 2.24) is 4.57 Å². The van der Waals surface area contributed by atoms with E-state index in [1.165, 1.54) is 19.9 Å². The highest BCUT2D eigenvalue weighted by Crippen LogP contribution is 2.08. The SMILES string of the molecule is Cc1cc(C)n(CC(F)F)c(=O)c1C(=O)O. The summed E-state index contributed by atoms with van der Waals surface area (Å²) in [7, 11) is 0. The van der Waals surface area contributed by atoms with Crippen molar-refractivity contribution in [3.8, 4) is 0 Å². The molecule has 0 atom stereocenters. The molecule has 0 aromatic carbocycles. The summed E-state index contributed by atoms with van der Waals surface area (Å²) in [5.74, 6) is -1.40. The summed E-state index contributed by atoms with van der Waals surface area (Å²) in [6.45, 7) is 2.16. The molecule has 0 radical (unpaired) electrons. The van der Waals surface area contributed by atoms with Crippen molar-refractivity contribution in [2.45, 2.75) is 26.8 Å². The van der Waals surface area contributed by atoms with Gasteiger partial charge in [0.1, 0.15) is 5.56 Å². The Hall–Kier alpha value is -1.72. The van der Waals surface area contributed by atoms with Crippen LogP contribution in [-0.4, -0.2) is 22.1 Å². The van der Waals surface area contributed by atoms with Crippen LogP contribution in [0.3, 0.4) is 0 Å². The van der Waals surface area contributed by atoms with Crippen LogP contribution in [0, 0.1) is 13.8 Å². The zero-order chi connectivity index (χ0) is 12.5. The molecule has 1 aromatic rings. The second-order valence-electron chi connectivity index (χ2n) is 3.46. The minimum Gasteiger partial charge on any atom is -0.477 e. The van der Waals surface area contributed by atoms with Crippen molar-refractivity contribution in [3.63, 3.8) is 0 Å². The number of pyridine rings is 1. The quantitative estimate of drug-likeness (QED) is 0.856. The largest absolute Gasteiger partial charge is 0.477 e. The lowest BCUT2D eigenvalue weighted by Crippen LogP contribution is -2.31. The van der Waals surface area contributed by atoms with E-state index >= 15 is 0 Å².